The average molecular weight is 255 g/mol. The molecule has 3 nitrogen and oxygen atoms in total. The maximum Gasteiger partial charge on any atom is 0.203 e. The highest BCUT2D eigenvalue weighted by atomic mass is 32.2. The summed E-state index contributed by atoms with van der Waals surface area (Å²) in [6, 6.07) is 0. The van der Waals surface area contributed by atoms with Crippen molar-refractivity contribution >= 4 is 17.7 Å². The Morgan fingerprint density at radius 2 is 2.29 bits per heavy atom. The molecule has 17 heavy (non-hydrogen) atoms. The molecule has 0 spiro atoms. The van der Waals surface area contributed by atoms with Crippen molar-refractivity contribution in [2.75, 3.05) is 18.1 Å². The molecule has 0 aliphatic heterocycles. The number of hydrogen-bond donors (Lipinski definition) is 1. The van der Waals surface area contributed by atoms with Crippen molar-refractivity contribution in [2.24, 2.45) is 0 Å². The van der Waals surface area contributed by atoms with Gasteiger partial charge in [0.25, 0.3) is 0 Å². The number of anilines is 1. The number of nitrogens with zero attached hydrogens (tertiary/aromatic N) is 2. The molecule has 0 bridgehead atoms. The van der Waals surface area contributed by atoms with Crippen molar-refractivity contribution in [3.05, 3.63) is 11.9 Å². The van der Waals surface area contributed by atoms with Crippen LogP contribution >= 0.6 is 11.8 Å². The Bertz CT molecular complexity index is 322. The van der Waals surface area contributed by atoms with Gasteiger partial charge in [0.15, 0.2) is 0 Å². The first kappa shape index (κ1) is 14.4. The fourth-order valence-electron chi connectivity index (χ4n) is 1.69. The van der Waals surface area contributed by atoms with E-state index in [1.54, 1.807) is 0 Å². The fourth-order valence-corrected chi connectivity index (χ4v) is 2.05. The third-order valence-corrected chi connectivity index (χ3v) is 3.93. The van der Waals surface area contributed by atoms with Gasteiger partial charge in [0, 0.05) is 24.5 Å². The van der Waals surface area contributed by atoms with Gasteiger partial charge in [-0.1, -0.05) is 20.3 Å². The average Bonchev–Trinajstić information content (AvgIpc) is 2.67. The van der Waals surface area contributed by atoms with Gasteiger partial charge in [0.1, 0.15) is 0 Å². The minimum Gasteiger partial charge on any atom is -0.356 e. The number of aryl methyl sites for hydroxylation is 2. The number of imidazole rings is 1. The predicted molar refractivity (Wildman–Crippen MR) is 78.0 cm³/mol. The number of hydrogen-bond acceptors (Lipinski definition) is 3. The highest BCUT2D eigenvalue weighted by molar-refractivity contribution is 7.99. The van der Waals surface area contributed by atoms with E-state index in [0.29, 0.717) is 5.25 Å². The van der Waals surface area contributed by atoms with Crippen molar-refractivity contribution in [1.29, 1.82) is 0 Å². The predicted octanol–water partition coefficient (Wildman–Crippen LogP) is 3.55. The Hall–Kier alpha value is -0.640. The maximum atomic E-state index is 4.53. The first-order chi connectivity index (χ1) is 8.17. The fraction of sp³-hybridized carbons (Fsp3) is 0.769. The van der Waals surface area contributed by atoms with Crippen LogP contribution in [0.15, 0.2) is 6.20 Å². The molecule has 1 aromatic heterocycles. The van der Waals surface area contributed by atoms with Crippen LogP contribution in [0.2, 0.25) is 0 Å². The molecule has 1 atom stereocenters. The highest BCUT2D eigenvalue weighted by Crippen LogP contribution is 2.12. The van der Waals surface area contributed by atoms with Gasteiger partial charge in [-0.25, -0.2) is 4.98 Å². The third kappa shape index (κ3) is 5.02. The molecular weight excluding hydrogens is 230 g/mol. The normalized spacial score (nSPS) is 12.7. The van der Waals surface area contributed by atoms with Crippen LogP contribution in [0, 0.1) is 6.92 Å². The van der Waals surface area contributed by atoms with Crippen molar-refractivity contribution in [3.8, 4) is 0 Å². The summed E-state index contributed by atoms with van der Waals surface area (Å²) in [4.78, 5) is 4.53. The Kier molecular flexibility index (Phi) is 6.48. The van der Waals surface area contributed by atoms with E-state index in [1.807, 2.05) is 11.8 Å². The van der Waals surface area contributed by atoms with Gasteiger partial charge < -0.3 is 9.88 Å². The molecule has 0 aliphatic carbocycles. The molecule has 1 unspecified atom stereocenters. The number of thioether (sulfide) groups is 1. The lowest BCUT2D eigenvalue weighted by atomic mass is 10.3. The van der Waals surface area contributed by atoms with Gasteiger partial charge >= 0.3 is 0 Å². The molecule has 0 amide bonds. The number of nitrogens with one attached hydrogen (secondary N) is 1. The Balaban J connectivity index is 2.45. The lowest BCUT2D eigenvalue weighted by Gasteiger charge is -2.11. The molecule has 1 aromatic rings. The molecule has 1 rings (SSSR count). The van der Waals surface area contributed by atoms with Gasteiger partial charge in [-0.3, -0.25) is 0 Å². The summed E-state index contributed by atoms with van der Waals surface area (Å²) in [6.45, 7) is 8.61. The lowest BCUT2D eigenvalue weighted by molar-refractivity contribution is 0.633. The third-order valence-electron chi connectivity index (χ3n) is 2.89. The molecule has 0 aromatic carbocycles. The van der Waals surface area contributed by atoms with Crippen LogP contribution < -0.4 is 5.32 Å². The molecule has 0 saturated carbocycles. The Morgan fingerprint density at radius 1 is 1.53 bits per heavy atom. The van der Waals surface area contributed by atoms with E-state index in [1.165, 1.54) is 19.3 Å². The van der Waals surface area contributed by atoms with Crippen LogP contribution in [0.25, 0.3) is 0 Å². The summed E-state index contributed by atoms with van der Waals surface area (Å²) in [7, 11) is 0. The van der Waals surface area contributed by atoms with Crippen LogP contribution in [-0.4, -0.2) is 27.6 Å². The summed E-state index contributed by atoms with van der Waals surface area (Å²) in [5, 5.41) is 4.16. The molecule has 0 radical (unpaired) electrons. The van der Waals surface area contributed by atoms with Crippen LogP contribution in [0.4, 0.5) is 5.95 Å². The van der Waals surface area contributed by atoms with Crippen molar-refractivity contribution in [3.63, 3.8) is 0 Å². The van der Waals surface area contributed by atoms with Gasteiger partial charge in [-0.2, -0.15) is 11.8 Å². The van der Waals surface area contributed by atoms with E-state index < -0.39 is 0 Å². The van der Waals surface area contributed by atoms with E-state index in [-0.39, 0.29) is 0 Å². The zero-order valence-electron chi connectivity index (χ0n) is 11.5. The molecule has 1 heterocycles. The Morgan fingerprint density at radius 3 is 2.94 bits per heavy atom. The summed E-state index contributed by atoms with van der Waals surface area (Å²) in [6.07, 6.45) is 7.92. The second kappa shape index (κ2) is 7.64. The zero-order valence-corrected chi connectivity index (χ0v) is 12.3. The molecular formula is C13H25N3S. The van der Waals surface area contributed by atoms with Gasteiger partial charge in [-0.15, -0.1) is 0 Å². The van der Waals surface area contributed by atoms with E-state index in [9.17, 15) is 0 Å². The summed E-state index contributed by atoms with van der Waals surface area (Å²) in [5.74, 6) is 1.03. The van der Waals surface area contributed by atoms with Gasteiger partial charge in [-0.05, 0) is 26.0 Å². The molecule has 4 heteroatoms. The zero-order chi connectivity index (χ0) is 12.7. The van der Waals surface area contributed by atoms with Gasteiger partial charge in [0.2, 0.25) is 5.95 Å². The van der Waals surface area contributed by atoms with E-state index in [0.717, 1.165) is 24.7 Å². The number of aromatic nitrogens is 2. The van der Waals surface area contributed by atoms with Gasteiger partial charge in [0.05, 0.1) is 5.69 Å². The smallest absolute Gasteiger partial charge is 0.203 e. The molecule has 1 N–H and O–H groups in total. The van der Waals surface area contributed by atoms with Crippen LogP contribution in [0.1, 0.15) is 38.8 Å². The molecule has 0 fully saturated rings. The summed E-state index contributed by atoms with van der Waals surface area (Å²) < 4.78 is 2.24. The monoisotopic (exact) mass is 255 g/mol. The molecule has 0 aliphatic rings. The molecule has 0 saturated heterocycles. The van der Waals surface area contributed by atoms with E-state index >= 15 is 0 Å². The van der Waals surface area contributed by atoms with Crippen molar-refractivity contribution in [1.82, 2.24) is 9.55 Å². The van der Waals surface area contributed by atoms with E-state index in [4.69, 9.17) is 0 Å². The SMILES string of the molecule is CCCCn1cc(C)nc1NCCC(C)SC. The minimum absolute atomic E-state index is 0.711. The highest BCUT2D eigenvalue weighted by Gasteiger charge is 2.05. The van der Waals surface area contributed by atoms with Crippen LogP contribution in [0.5, 0.6) is 0 Å². The number of rotatable bonds is 8. The van der Waals surface area contributed by atoms with Crippen molar-refractivity contribution in [2.45, 2.75) is 51.8 Å². The largest absolute Gasteiger partial charge is 0.356 e. The summed E-state index contributed by atoms with van der Waals surface area (Å²) >= 11 is 1.92. The quantitative estimate of drug-likeness (QED) is 0.770. The van der Waals surface area contributed by atoms with E-state index in [2.05, 4.69) is 48.1 Å². The Labute approximate surface area is 109 Å². The molecule has 98 valence electrons. The van der Waals surface area contributed by atoms with Crippen molar-refractivity contribution < 1.29 is 0 Å². The topological polar surface area (TPSA) is 29.9 Å². The second-order valence-electron chi connectivity index (χ2n) is 4.51. The van der Waals surface area contributed by atoms with Crippen LogP contribution in [-0.2, 0) is 6.54 Å². The second-order valence-corrected chi connectivity index (χ2v) is 5.79. The first-order valence-electron chi connectivity index (χ1n) is 6.47. The number of unbranched alkanes of at least 4 members (excludes halogenated alkanes) is 1. The standard InChI is InChI=1S/C13H25N3S/c1-5-6-9-16-10-11(2)15-13(16)14-8-7-12(3)17-4/h10,12H,5-9H2,1-4H3,(H,14,15). The first-order valence-corrected chi connectivity index (χ1v) is 7.76. The minimum atomic E-state index is 0.711. The van der Waals surface area contributed by atoms with Crippen LogP contribution in [0.3, 0.4) is 0 Å². The summed E-state index contributed by atoms with van der Waals surface area (Å²) in [5.41, 5.74) is 1.10. The lowest BCUT2D eigenvalue weighted by Crippen LogP contribution is -2.12. The maximum absolute atomic E-state index is 4.53.